The number of hydrogen-bond donors (Lipinski definition) is 0. The molecule has 0 bridgehead atoms. The van der Waals surface area contributed by atoms with Crippen molar-refractivity contribution in [2.45, 2.75) is 6.42 Å². The van der Waals surface area contributed by atoms with Crippen molar-refractivity contribution in [2.24, 2.45) is 0 Å². The van der Waals surface area contributed by atoms with Crippen LogP contribution in [0.15, 0.2) is 18.3 Å². The second-order valence-corrected chi connectivity index (χ2v) is 2.96. The van der Waals surface area contributed by atoms with E-state index in [4.69, 9.17) is 4.84 Å². The maximum Gasteiger partial charge on any atom is 0.278 e. The van der Waals surface area contributed by atoms with Crippen molar-refractivity contribution in [1.82, 2.24) is 10.0 Å². The third kappa shape index (κ3) is 1.72. The van der Waals surface area contributed by atoms with Gasteiger partial charge in [-0.05, 0) is 18.6 Å². The predicted molar refractivity (Wildman–Crippen MR) is 45.8 cm³/mol. The largest absolute Gasteiger partial charge is 0.278 e. The van der Waals surface area contributed by atoms with Crippen molar-refractivity contribution in [3.8, 4) is 0 Å². The summed E-state index contributed by atoms with van der Waals surface area (Å²) in [7, 11) is 0. The fourth-order valence-corrected chi connectivity index (χ4v) is 1.25. The molecule has 4 nitrogen and oxygen atoms in total. The molecule has 14 heavy (non-hydrogen) atoms. The Labute approximate surface area is 80.3 Å². The van der Waals surface area contributed by atoms with Gasteiger partial charge >= 0.3 is 0 Å². The predicted octanol–water partition coefficient (Wildman–Crippen LogP) is 0.998. The zero-order chi connectivity index (χ0) is 9.97. The molecule has 0 N–H and O–H groups in total. The lowest BCUT2D eigenvalue weighted by Crippen LogP contribution is -2.26. The number of carbonyl (C=O) groups excluding carboxylic acids is 1. The average Bonchev–Trinajstić information content (AvgIpc) is 2.71. The number of aromatic nitrogens is 1. The molecule has 1 aliphatic rings. The van der Waals surface area contributed by atoms with Crippen molar-refractivity contribution in [1.29, 1.82) is 0 Å². The van der Waals surface area contributed by atoms with Crippen LogP contribution in [0.1, 0.15) is 16.8 Å². The van der Waals surface area contributed by atoms with Gasteiger partial charge in [0.2, 0.25) is 5.95 Å². The lowest BCUT2D eigenvalue weighted by molar-refractivity contribution is -0.0768. The van der Waals surface area contributed by atoms with Gasteiger partial charge in [-0.15, -0.1) is 0 Å². The van der Waals surface area contributed by atoms with Gasteiger partial charge in [0, 0.05) is 6.20 Å². The quantitative estimate of drug-likeness (QED) is 0.629. The molecular formula is C9H9FN2O2. The van der Waals surface area contributed by atoms with Crippen LogP contribution in [-0.2, 0) is 4.84 Å². The lowest BCUT2D eigenvalue weighted by atomic mass is 10.2. The molecule has 0 atom stereocenters. The van der Waals surface area contributed by atoms with Crippen LogP contribution in [0.5, 0.6) is 0 Å². The number of hydroxylamine groups is 2. The van der Waals surface area contributed by atoms with Gasteiger partial charge in [0.05, 0.1) is 18.7 Å². The fourth-order valence-electron chi connectivity index (χ4n) is 1.25. The Bertz CT molecular complexity index is 333. The summed E-state index contributed by atoms with van der Waals surface area (Å²) in [6.45, 7) is 1.14. The number of carbonyl (C=O) groups is 1. The number of hydrogen-bond acceptors (Lipinski definition) is 3. The van der Waals surface area contributed by atoms with Crippen LogP contribution in [0.4, 0.5) is 4.39 Å². The molecule has 0 unspecified atom stereocenters. The van der Waals surface area contributed by atoms with Gasteiger partial charge in [-0.25, -0.2) is 10.0 Å². The van der Waals surface area contributed by atoms with E-state index in [-0.39, 0.29) is 5.91 Å². The smallest absolute Gasteiger partial charge is 0.271 e. The van der Waals surface area contributed by atoms with Crippen molar-refractivity contribution >= 4 is 5.91 Å². The van der Waals surface area contributed by atoms with Gasteiger partial charge in [0.1, 0.15) is 0 Å². The standard InChI is InChI=1S/C9H9FN2O2/c10-8-3-2-7(6-11-8)9(13)12-4-1-5-14-12/h2-3,6H,1,4-5H2. The molecule has 0 radical (unpaired) electrons. The monoisotopic (exact) mass is 196 g/mol. The third-order valence-electron chi connectivity index (χ3n) is 1.95. The van der Waals surface area contributed by atoms with E-state index in [0.717, 1.165) is 12.5 Å². The molecule has 2 rings (SSSR count). The molecular weight excluding hydrogens is 187 g/mol. The SMILES string of the molecule is O=C(c1ccc(F)nc1)N1CCCO1. The molecule has 1 saturated heterocycles. The first-order valence-corrected chi connectivity index (χ1v) is 4.34. The Morgan fingerprint density at radius 2 is 2.43 bits per heavy atom. The molecule has 1 aromatic heterocycles. The summed E-state index contributed by atoms with van der Waals surface area (Å²) in [4.78, 5) is 20.1. The van der Waals surface area contributed by atoms with E-state index in [9.17, 15) is 9.18 Å². The van der Waals surface area contributed by atoms with E-state index in [1.54, 1.807) is 0 Å². The summed E-state index contributed by atoms with van der Waals surface area (Å²) in [6, 6.07) is 2.55. The average molecular weight is 196 g/mol. The van der Waals surface area contributed by atoms with Crippen molar-refractivity contribution in [3.63, 3.8) is 0 Å². The highest BCUT2D eigenvalue weighted by molar-refractivity contribution is 5.93. The summed E-state index contributed by atoms with van der Waals surface area (Å²) < 4.78 is 12.5. The van der Waals surface area contributed by atoms with Gasteiger partial charge < -0.3 is 0 Å². The molecule has 5 heteroatoms. The Morgan fingerprint density at radius 3 is 3.00 bits per heavy atom. The number of rotatable bonds is 1. The number of amides is 1. The highest BCUT2D eigenvalue weighted by Crippen LogP contribution is 2.10. The van der Waals surface area contributed by atoms with Crippen molar-refractivity contribution in [3.05, 3.63) is 29.8 Å². The summed E-state index contributed by atoms with van der Waals surface area (Å²) in [5.74, 6) is -0.862. The fraction of sp³-hybridized carbons (Fsp3) is 0.333. The third-order valence-corrected chi connectivity index (χ3v) is 1.95. The Kier molecular flexibility index (Phi) is 2.41. The van der Waals surface area contributed by atoms with E-state index in [2.05, 4.69) is 4.98 Å². The first kappa shape index (κ1) is 9.08. The van der Waals surface area contributed by atoms with Crippen LogP contribution in [0.2, 0.25) is 0 Å². The van der Waals surface area contributed by atoms with Gasteiger partial charge in [-0.1, -0.05) is 0 Å². The van der Waals surface area contributed by atoms with E-state index < -0.39 is 5.95 Å². The van der Waals surface area contributed by atoms with E-state index >= 15 is 0 Å². The van der Waals surface area contributed by atoms with Gasteiger partial charge in [-0.2, -0.15) is 4.39 Å². The topological polar surface area (TPSA) is 42.4 Å². The molecule has 0 spiro atoms. The Hall–Kier alpha value is -1.49. The summed E-state index contributed by atoms with van der Waals surface area (Å²) in [6.07, 6.45) is 2.04. The van der Waals surface area contributed by atoms with Gasteiger partial charge in [0.25, 0.3) is 5.91 Å². The second-order valence-electron chi connectivity index (χ2n) is 2.96. The summed E-state index contributed by atoms with van der Waals surface area (Å²) >= 11 is 0. The van der Waals surface area contributed by atoms with E-state index in [1.165, 1.54) is 17.3 Å². The normalized spacial score (nSPS) is 15.9. The molecule has 1 aliphatic heterocycles. The Balaban J connectivity index is 2.14. The molecule has 2 heterocycles. The van der Waals surface area contributed by atoms with Crippen LogP contribution in [0, 0.1) is 5.95 Å². The Morgan fingerprint density at radius 1 is 1.57 bits per heavy atom. The van der Waals surface area contributed by atoms with Crippen LogP contribution in [0.25, 0.3) is 0 Å². The lowest BCUT2D eigenvalue weighted by Gasteiger charge is -2.12. The molecule has 74 valence electrons. The summed E-state index contributed by atoms with van der Waals surface area (Å²) in [5, 5.41) is 1.27. The van der Waals surface area contributed by atoms with Crippen LogP contribution in [-0.4, -0.2) is 29.1 Å². The molecule has 1 fully saturated rings. The van der Waals surface area contributed by atoms with Crippen LogP contribution >= 0.6 is 0 Å². The highest BCUT2D eigenvalue weighted by atomic mass is 19.1. The van der Waals surface area contributed by atoms with Gasteiger partial charge in [0.15, 0.2) is 0 Å². The summed E-state index contributed by atoms with van der Waals surface area (Å²) in [5.41, 5.74) is 0.341. The zero-order valence-corrected chi connectivity index (χ0v) is 7.44. The molecule has 1 aromatic rings. The van der Waals surface area contributed by atoms with Gasteiger partial charge in [-0.3, -0.25) is 9.63 Å². The molecule has 1 amide bonds. The second kappa shape index (κ2) is 3.71. The number of halogens is 1. The molecule has 0 aliphatic carbocycles. The minimum Gasteiger partial charge on any atom is -0.271 e. The van der Waals surface area contributed by atoms with Crippen LogP contribution in [0.3, 0.4) is 0 Å². The zero-order valence-electron chi connectivity index (χ0n) is 7.44. The number of pyridine rings is 1. The maximum absolute atomic E-state index is 12.5. The van der Waals surface area contributed by atoms with Crippen molar-refractivity contribution < 1.29 is 14.0 Å². The molecule has 0 aromatic carbocycles. The maximum atomic E-state index is 12.5. The van der Waals surface area contributed by atoms with E-state index in [0.29, 0.717) is 18.7 Å². The van der Waals surface area contributed by atoms with Crippen molar-refractivity contribution in [2.75, 3.05) is 13.2 Å². The first-order chi connectivity index (χ1) is 6.77. The molecule has 0 saturated carbocycles. The number of nitrogens with zero attached hydrogens (tertiary/aromatic N) is 2. The minimum absolute atomic E-state index is 0.269. The van der Waals surface area contributed by atoms with E-state index in [1.807, 2.05) is 0 Å². The highest BCUT2D eigenvalue weighted by Gasteiger charge is 2.20. The van der Waals surface area contributed by atoms with Crippen LogP contribution < -0.4 is 0 Å². The first-order valence-electron chi connectivity index (χ1n) is 4.34. The minimum atomic E-state index is -0.594.